The fraction of sp³-hybridized carbons (Fsp3) is 0.222. The van der Waals surface area contributed by atoms with Gasteiger partial charge in [0.25, 0.3) is 0 Å². The first-order valence-corrected chi connectivity index (χ1v) is 9.51. The zero-order valence-electron chi connectivity index (χ0n) is 15.2. The summed E-state index contributed by atoms with van der Waals surface area (Å²) in [5.41, 5.74) is 1.75. The van der Waals surface area contributed by atoms with Crippen LogP contribution in [0.1, 0.15) is 22.3 Å². The lowest BCUT2D eigenvalue weighted by Crippen LogP contribution is -1.99. The van der Waals surface area contributed by atoms with Gasteiger partial charge in [0, 0.05) is 11.1 Å². The molecule has 0 unspecified atom stereocenters. The van der Waals surface area contributed by atoms with Crippen LogP contribution >= 0.6 is 7.82 Å². The van der Waals surface area contributed by atoms with E-state index in [0.29, 0.717) is 22.4 Å². The lowest BCUT2D eigenvalue weighted by Gasteiger charge is -2.14. The predicted molar refractivity (Wildman–Crippen MR) is 101 cm³/mol. The molecular weight excluding hydrogens is 391 g/mol. The van der Waals surface area contributed by atoms with Crippen LogP contribution in [0.5, 0.6) is 23.0 Å². The Bertz CT molecular complexity index is 893. The van der Waals surface area contributed by atoms with E-state index in [1.54, 1.807) is 18.2 Å². The number of benzene rings is 2. The Labute approximate surface area is 161 Å². The Morgan fingerprint density at radius 2 is 1.68 bits per heavy atom. The van der Waals surface area contributed by atoms with E-state index < -0.39 is 19.3 Å². The monoisotopic (exact) mass is 412 g/mol. The molecule has 0 spiro atoms. The number of aliphatic hydroxyl groups excluding tert-OH is 2. The van der Waals surface area contributed by atoms with E-state index in [1.165, 1.54) is 32.4 Å². The van der Waals surface area contributed by atoms with Crippen LogP contribution in [0, 0.1) is 0 Å². The first-order valence-electron chi connectivity index (χ1n) is 7.98. The molecule has 0 fully saturated rings. The predicted octanol–water partition coefficient (Wildman–Crippen LogP) is 2.04. The molecule has 0 aliphatic carbocycles. The highest BCUT2D eigenvalue weighted by molar-refractivity contribution is 7.46. The van der Waals surface area contributed by atoms with Gasteiger partial charge in [0.15, 0.2) is 11.5 Å². The Kier molecular flexibility index (Phi) is 7.06. The number of aromatic hydroxyl groups is 1. The number of phosphoric acid groups is 1. The Hall–Kier alpha value is -2.55. The van der Waals surface area contributed by atoms with Crippen molar-refractivity contribution >= 4 is 20.0 Å². The quantitative estimate of drug-likeness (QED) is 0.325. The third-order valence-electron chi connectivity index (χ3n) is 3.88. The normalized spacial score (nSPS) is 11.6. The van der Waals surface area contributed by atoms with Crippen molar-refractivity contribution < 1.29 is 43.7 Å². The van der Waals surface area contributed by atoms with Gasteiger partial charge in [0.05, 0.1) is 27.4 Å². The maximum absolute atomic E-state index is 11.1. The van der Waals surface area contributed by atoms with Crippen molar-refractivity contribution in [2.45, 2.75) is 13.2 Å². The number of hydrogen-bond acceptors (Lipinski definition) is 7. The standard InChI is InChI=1S/C18H21O9P/c1-25-15-6-5-12(17(21)18(15)27-28(22,23)24)4-3-11-7-13(9-19)14(10-20)16(8-11)26-2/h3-8,19-21H,9-10H2,1-2H3,(H2,22,23,24)/b4-3-. The number of ether oxygens (including phenoxy) is 2. The summed E-state index contributed by atoms with van der Waals surface area (Å²) in [5, 5.41) is 29.3. The van der Waals surface area contributed by atoms with Crippen LogP contribution in [-0.4, -0.2) is 39.3 Å². The minimum Gasteiger partial charge on any atom is -0.504 e. The Morgan fingerprint density at radius 1 is 1.00 bits per heavy atom. The molecule has 2 aromatic carbocycles. The van der Waals surface area contributed by atoms with Gasteiger partial charge in [-0.2, -0.15) is 0 Å². The number of phenolic OH excluding ortho intramolecular Hbond substituents is 1. The summed E-state index contributed by atoms with van der Waals surface area (Å²) < 4.78 is 25.8. The largest absolute Gasteiger partial charge is 0.525 e. The second-order valence-electron chi connectivity index (χ2n) is 5.63. The molecule has 9 nitrogen and oxygen atoms in total. The Morgan fingerprint density at radius 3 is 2.21 bits per heavy atom. The summed E-state index contributed by atoms with van der Waals surface area (Å²) in [5.74, 6) is -0.657. The van der Waals surface area contributed by atoms with E-state index in [4.69, 9.17) is 19.3 Å². The van der Waals surface area contributed by atoms with E-state index in [2.05, 4.69) is 4.52 Å². The van der Waals surface area contributed by atoms with Crippen LogP contribution in [0.25, 0.3) is 12.2 Å². The summed E-state index contributed by atoms with van der Waals surface area (Å²) in [6.07, 6.45) is 3.07. The van der Waals surface area contributed by atoms with Crippen molar-refractivity contribution in [3.05, 3.63) is 46.5 Å². The zero-order valence-corrected chi connectivity index (χ0v) is 16.1. The van der Waals surface area contributed by atoms with Gasteiger partial charge in [-0.3, -0.25) is 9.79 Å². The van der Waals surface area contributed by atoms with Gasteiger partial charge in [-0.1, -0.05) is 12.2 Å². The fourth-order valence-corrected chi connectivity index (χ4v) is 3.00. The maximum Gasteiger partial charge on any atom is 0.525 e. The van der Waals surface area contributed by atoms with Crippen LogP contribution < -0.4 is 14.0 Å². The second-order valence-corrected chi connectivity index (χ2v) is 6.79. The molecule has 0 amide bonds. The van der Waals surface area contributed by atoms with E-state index in [1.807, 2.05) is 0 Å². The first-order chi connectivity index (χ1) is 13.2. The summed E-state index contributed by atoms with van der Waals surface area (Å²) in [4.78, 5) is 18.1. The first kappa shape index (κ1) is 21.7. The van der Waals surface area contributed by atoms with Crippen molar-refractivity contribution in [1.29, 1.82) is 0 Å². The van der Waals surface area contributed by atoms with Crippen molar-refractivity contribution in [2.75, 3.05) is 14.2 Å². The molecule has 0 bridgehead atoms. The number of phenols is 1. The molecule has 0 aromatic heterocycles. The molecule has 0 atom stereocenters. The number of phosphoric ester groups is 1. The van der Waals surface area contributed by atoms with Gasteiger partial charge in [-0.05, 0) is 35.4 Å². The molecule has 0 aliphatic heterocycles. The van der Waals surface area contributed by atoms with E-state index in [-0.39, 0.29) is 24.5 Å². The number of methoxy groups -OCH3 is 2. The SMILES string of the molecule is COc1cc(/C=C\c2ccc(OC)c(OP(=O)(O)O)c2O)cc(CO)c1CO. The van der Waals surface area contributed by atoms with Crippen LogP contribution in [0.2, 0.25) is 0 Å². The van der Waals surface area contributed by atoms with Gasteiger partial charge in [-0.25, -0.2) is 4.57 Å². The molecule has 5 N–H and O–H groups in total. The molecule has 2 rings (SSSR count). The molecule has 2 aromatic rings. The molecule has 0 aliphatic rings. The van der Waals surface area contributed by atoms with Gasteiger partial charge < -0.3 is 29.3 Å². The summed E-state index contributed by atoms with van der Waals surface area (Å²) >= 11 is 0. The van der Waals surface area contributed by atoms with Gasteiger partial charge in [0.1, 0.15) is 5.75 Å². The van der Waals surface area contributed by atoms with E-state index in [9.17, 15) is 19.9 Å². The molecule has 0 radical (unpaired) electrons. The van der Waals surface area contributed by atoms with Crippen molar-refractivity contribution in [3.8, 4) is 23.0 Å². The minimum absolute atomic E-state index is 0.0468. The van der Waals surface area contributed by atoms with Crippen molar-refractivity contribution in [2.24, 2.45) is 0 Å². The van der Waals surface area contributed by atoms with Crippen LogP contribution in [0.3, 0.4) is 0 Å². The van der Waals surface area contributed by atoms with Crippen LogP contribution in [0.4, 0.5) is 0 Å². The van der Waals surface area contributed by atoms with E-state index in [0.717, 1.165) is 0 Å². The molecule has 0 heterocycles. The van der Waals surface area contributed by atoms with Gasteiger partial charge >= 0.3 is 7.82 Å². The average molecular weight is 412 g/mol. The summed E-state index contributed by atoms with van der Waals surface area (Å²) in [7, 11) is -2.21. The van der Waals surface area contributed by atoms with Crippen molar-refractivity contribution in [3.63, 3.8) is 0 Å². The van der Waals surface area contributed by atoms with Gasteiger partial charge in [-0.15, -0.1) is 0 Å². The molecule has 0 saturated heterocycles. The highest BCUT2D eigenvalue weighted by atomic mass is 31.2. The molecule has 10 heteroatoms. The third-order valence-corrected chi connectivity index (χ3v) is 4.30. The maximum atomic E-state index is 11.1. The highest BCUT2D eigenvalue weighted by Crippen LogP contribution is 2.48. The molecule has 152 valence electrons. The Balaban J connectivity index is 2.47. The lowest BCUT2D eigenvalue weighted by molar-refractivity contribution is 0.254. The average Bonchev–Trinajstić information content (AvgIpc) is 2.66. The van der Waals surface area contributed by atoms with E-state index >= 15 is 0 Å². The third kappa shape index (κ3) is 5.03. The lowest BCUT2D eigenvalue weighted by atomic mass is 10.0. The number of aliphatic hydroxyl groups is 2. The smallest absolute Gasteiger partial charge is 0.504 e. The number of rotatable bonds is 8. The molecule has 0 saturated carbocycles. The topological polar surface area (TPSA) is 146 Å². The minimum atomic E-state index is -4.91. The summed E-state index contributed by atoms with van der Waals surface area (Å²) in [6, 6.07) is 6.13. The van der Waals surface area contributed by atoms with Crippen LogP contribution in [-0.2, 0) is 17.8 Å². The van der Waals surface area contributed by atoms with Gasteiger partial charge in [0.2, 0.25) is 5.75 Å². The fourth-order valence-electron chi connectivity index (χ4n) is 2.58. The van der Waals surface area contributed by atoms with Crippen LogP contribution in [0.15, 0.2) is 24.3 Å². The number of hydrogen-bond donors (Lipinski definition) is 5. The van der Waals surface area contributed by atoms with Crippen molar-refractivity contribution in [1.82, 2.24) is 0 Å². The second kappa shape index (κ2) is 9.09. The molecule has 28 heavy (non-hydrogen) atoms. The molecular formula is C18H21O9P. The summed E-state index contributed by atoms with van der Waals surface area (Å²) in [6.45, 7) is -0.604. The zero-order chi connectivity index (χ0) is 20.9. The highest BCUT2D eigenvalue weighted by Gasteiger charge is 2.23.